The summed E-state index contributed by atoms with van der Waals surface area (Å²) in [7, 11) is 0. The molecule has 2 aliphatic carbocycles. The first-order chi connectivity index (χ1) is 31.6. The average molecular weight is 824 g/mol. The Hall–Kier alpha value is -7.88. The van der Waals surface area contributed by atoms with Crippen molar-refractivity contribution in [3.63, 3.8) is 0 Å². The van der Waals surface area contributed by atoms with Crippen LogP contribution in [0, 0.1) is 5.92 Å². The van der Waals surface area contributed by atoms with Crippen molar-refractivity contribution in [3.05, 3.63) is 240 Å². The Kier molecular flexibility index (Phi) is 9.34. The molecule has 306 valence electrons. The number of allylic oxidation sites excluding steroid dienone is 5. The SMILES string of the molecule is CC1CC(c2cccc3c2oc2ccccc23)=CC=C1c1ccc(N(c2ccc(-c3ccccc3)cc2)c2ccc(-c3ccc(C4CC=Cc5c4oc4ccccc54)cc3)cc2)cc1. The van der Waals surface area contributed by atoms with Crippen molar-refractivity contribution in [2.45, 2.75) is 25.7 Å². The topological polar surface area (TPSA) is 29.5 Å². The molecule has 2 unspecified atom stereocenters. The molecule has 2 aromatic heterocycles. The lowest BCUT2D eigenvalue weighted by Gasteiger charge is -2.27. The van der Waals surface area contributed by atoms with Crippen molar-refractivity contribution in [1.29, 1.82) is 0 Å². The highest BCUT2D eigenvalue weighted by atomic mass is 16.3. The van der Waals surface area contributed by atoms with Gasteiger partial charge in [-0.1, -0.05) is 177 Å². The van der Waals surface area contributed by atoms with Gasteiger partial charge in [0.2, 0.25) is 0 Å². The third-order valence-electron chi connectivity index (χ3n) is 13.4. The lowest BCUT2D eigenvalue weighted by molar-refractivity contribution is 0.517. The molecule has 0 aliphatic heterocycles. The van der Waals surface area contributed by atoms with Gasteiger partial charge in [0.25, 0.3) is 0 Å². The van der Waals surface area contributed by atoms with E-state index < -0.39 is 0 Å². The number of hydrogen-bond acceptors (Lipinski definition) is 3. The predicted molar refractivity (Wildman–Crippen MR) is 267 cm³/mol. The highest BCUT2D eigenvalue weighted by Crippen LogP contribution is 2.44. The molecule has 0 saturated heterocycles. The Balaban J connectivity index is 0.842. The molecule has 2 atom stereocenters. The molecule has 10 aromatic rings. The van der Waals surface area contributed by atoms with E-state index in [1.807, 2.05) is 12.1 Å². The monoisotopic (exact) mass is 823 g/mol. The smallest absolute Gasteiger partial charge is 0.142 e. The standard InChI is InChI=1S/C61H45NO2/c1-40-39-47(53-16-10-18-57-55-14-6-8-20-59(55)64-61(53)57)31-38-51(40)45-29-36-50(37-30-45)62(48-32-25-43(26-33-48)41-11-3-2-4-12-41)49-34-27-44(28-35-49)42-21-23-46(24-22-42)52-15-9-17-56-54-13-5-7-19-58(54)63-60(52)56/h2-14,16-38,40,52H,15,39H2,1H3. The van der Waals surface area contributed by atoms with Gasteiger partial charge < -0.3 is 13.7 Å². The number of benzene rings is 8. The number of hydrogen-bond donors (Lipinski definition) is 0. The Morgan fingerprint density at radius 1 is 0.469 bits per heavy atom. The van der Waals surface area contributed by atoms with Gasteiger partial charge in [-0.25, -0.2) is 0 Å². The fourth-order valence-electron chi connectivity index (χ4n) is 10.1. The van der Waals surface area contributed by atoms with E-state index in [9.17, 15) is 0 Å². The quantitative estimate of drug-likeness (QED) is 0.153. The molecule has 3 nitrogen and oxygen atoms in total. The van der Waals surface area contributed by atoms with Crippen LogP contribution in [0.3, 0.4) is 0 Å². The molecule has 0 bridgehead atoms. The minimum absolute atomic E-state index is 0.201. The molecule has 8 aromatic carbocycles. The number of fused-ring (bicyclic) bond motifs is 6. The number of nitrogens with zero attached hydrogens (tertiary/aromatic N) is 1. The van der Waals surface area contributed by atoms with Gasteiger partial charge in [0.05, 0.1) is 0 Å². The second kappa shape index (κ2) is 15.8. The third kappa shape index (κ3) is 6.69. The molecule has 0 saturated carbocycles. The second-order valence-electron chi connectivity index (χ2n) is 17.2. The summed E-state index contributed by atoms with van der Waals surface area (Å²) in [5.74, 6) is 1.61. The van der Waals surface area contributed by atoms with Gasteiger partial charge in [-0.15, -0.1) is 0 Å². The van der Waals surface area contributed by atoms with Crippen LogP contribution in [0.25, 0.3) is 72.4 Å². The molecule has 2 heterocycles. The van der Waals surface area contributed by atoms with Crippen molar-refractivity contribution < 1.29 is 8.83 Å². The highest BCUT2D eigenvalue weighted by Gasteiger charge is 2.26. The normalized spacial score (nSPS) is 15.9. The molecule has 0 N–H and O–H groups in total. The number of furan rings is 2. The fourth-order valence-corrected chi connectivity index (χ4v) is 10.1. The summed E-state index contributed by atoms with van der Waals surface area (Å²) in [6.07, 6.45) is 11.0. The van der Waals surface area contributed by atoms with Crippen molar-refractivity contribution >= 4 is 67.2 Å². The van der Waals surface area contributed by atoms with Crippen molar-refractivity contribution in [2.75, 3.05) is 4.90 Å². The van der Waals surface area contributed by atoms with Crippen LogP contribution < -0.4 is 4.90 Å². The van der Waals surface area contributed by atoms with Crippen molar-refractivity contribution in [1.82, 2.24) is 0 Å². The van der Waals surface area contributed by atoms with Crippen molar-refractivity contribution in [2.24, 2.45) is 5.92 Å². The van der Waals surface area contributed by atoms with Crippen LogP contribution in [0.15, 0.2) is 221 Å². The molecule has 0 amide bonds. The van der Waals surface area contributed by atoms with Crippen LogP contribution >= 0.6 is 0 Å². The Morgan fingerprint density at radius 2 is 1.02 bits per heavy atom. The van der Waals surface area contributed by atoms with Gasteiger partial charge in [0.15, 0.2) is 0 Å². The largest absolute Gasteiger partial charge is 0.460 e. The van der Waals surface area contributed by atoms with E-state index in [0.717, 1.165) is 52.4 Å². The zero-order valence-electron chi connectivity index (χ0n) is 35.6. The molecule has 0 spiro atoms. The molecular weight excluding hydrogens is 779 g/mol. The average Bonchev–Trinajstić information content (AvgIpc) is 3.94. The molecular formula is C61H45NO2. The molecule has 2 aliphatic rings. The number of anilines is 3. The second-order valence-corrected chi connectivity index (χ2v) is 17.2. The Bertz CT molecular complexity index is 3420. The summed E-state index contributed by atoms with van der Waals surface area (Å²) in [6.45, 7) is 2.34. The first-order valence-corrected chi connectivity index (χ1v) is 22.4. The summed E-state index contributed by atoms with van der Waals surface area (Å²) in [5, 5.41) is 3.52. The number of rotatable bonds is 8. The maximum atomic E-state index is 6.43. The molecule has 0 fully saturated rings. The zero-order chi connectivity index (χ0) is 42.6. The van der Waals surface area contributed by atoms with Crippen LogP contribution in [0.2, 0.25) is 0 Å². The Morgan fingerprint density at radius 3 is 1.67 bits per heavy atom. The van der Waals surface area contributed by atoms with Crippen LogP contribution in [-0.4, -0.2) is 0 Å². The number of para-hydroxylation sites is 3. The van der Waals surface area contributed by atoms with E-state index in [4.69, 9.17) is 8.83 Å². The maximum Gasteiger partial charge on any atom is 0.142 e. The summed E-state index contributed by atoms with van der Waals surface area (Å²) < 4.78 is 12.8. The van der Waals surface area contributed by atoms with Crippen LogP contribution in [-0.2, 0) is 0 Å². The fraction of sp³-hybridized carbons (Fsp3) is 0.0820. The summed E-state index contributed by atoms with van der Waals surface area (Å²) >= 11 is 0. The van der Waals surface area contributed by atoms with Crippen molar-refractivity contribution in [3.8, 4) is 22.3 Å². The predicted octanol–water partition coefficient (Wildman–Crippen LogP) is 17.2. The van der Waals surface area contributed by atoms with E-state index in [1.54, 1.807) is 0 Å². The lowest BCUT2D eigenvalue weighted by Crippen LogP contribution is -2.10. The summed E-state index contributed by atoms with van der Waals surface area (Å²) in [4.78, 5) is 2.36. The van der Waals surface area contributed by atoms with E-state index in [-0.39, 0.29) is 5.92 Å². The first kappa shape index (κ1) is 37.8. The van der Waals surface area contributed by atoms with Gasteiger partial charge in [0, 0.05) is 50.3 Å². The minimum Gasteiger partial charge on any atom is -0.460 e. The van der Waals surface area contributed by atoms with Crippen LogP contribution in [0.5, 0.6) is 0 Å². The van der Waals surface area contributed by atoms with Gasteiger partial charge in [-0.3, -0.25) is 0 Å². The highest BCUT2D eigenvalue weighted by molar-refractivity contribution is 6.08. The van der Waals surface area contributed by atoms with Crippen LogP contribution in [0.1, 0.15) is 53.7 Å². The molecule has 64 heavy (non-hydrogen) atoms. The lowest BCUT2D eigenvalue weighted by atomic mass is 9.82. The van der Waals surface area contributed by atoms with E-state index in [2.05, 4.69) is 218 Å². The molecule has 0 radical (unpaired) electrons. The van der Waals surface area contributed by atoms with Gasteiger partial charge in [0.1, 0.15) is 22.5 Å². The third-order valence-corrected chi connectivity index (χ3v) is 13.4. The zero-order valence-corrected chi connectivity index (χ0v) is 35.6. The van der Waals surface area contributed by atoms with E-state index >= 15 is 0 Å². The summed E-state index contributed by atoms with van der Waals surface area (Å²) in [6, 6.07) is 69.8. The van der Waals surface area contributed by atoms with E-state index in [0.29, 0.717) is 5.92 Å². The summed E-state index contributed by atoms with van der Waals surface area (Å²) in [5.41, 5.74) is 18.5. The van der Waals surface area contributed by atoms with E-state index in [1.165, 1.54) is 71.8 Å². The van der Waals surface area contributed by atoms with Gasteiger partial charge >= 0.3 is 0 Å². The maximum absolute atomic E-state index is 6.43. The molecule has 12 rings (SSSR count). The van der Waals surface area contributed by atoms with Gasteiger partial charge in [-0.05, 0) is 112 Å². The Labute approximate surface area is 373 Å². The molecule has 3 heteroatoms. The van der Waals surface area contributed by atoms with Gasteiger partial charge in [-0.2, -0.15) is 0 Å². The van der Waals surface area contributed by atoms with Crippen LogP contribution in [0.4, 0.5) is 17.1 Å². The minimum atomic E-state index is 0.201. The first-order valence-electron chi connectivity index (χ1n) is 22.4.